The van der Waals surface area contributed by atoms with Crippen molar-refractivity contribution in [2.45, 2.75) is 37.3 Å². The number of aliphatic hydroxyl groups excluding tert-OH is 1. The van der Waals surface area contributed by atoms with E-state index in [4.69, 9.17) is 4.98 Å². The van der Waals surface area contributed by atoms with E-state index in [1.807, 2.05) is 38.0 Å². The van der Waals surface area contributed by atoms with Gasteiger partial charge in [-0.15, -0.1) is 0 Å². The van der Waals surface area contributed by atoms with Crippen molar-refractivity contribution in [3.8, 4) is 11.4 Å². The van der Waals surface area contributed by atoms with Crippen LogP contribution in [0.1, 0.15) is 31.0 Å². The van der Waals surface area contributed by atoms with Gasteiger partial charge in [-0.3, -0.25) is 9.67 Å². The molecule has 3 atom stereocenters. The third-order valence-corrected chi connectivity index (χ3v) is 4.53. The van der Waals surface area contributed by atoms with Crippen LogP contribution in [0.3, 0.4) is 0 Å². The lowest BCUT2D eigenvalue weighted by molar-refractivity contribution is 0.0350. The molecule has 2 aromatic heterocycles. The van der Waals surface area contributed by atoms with Crippen molar-refractivity contribution in [2.75, 3.05) is 14.1 Å². The number of rotatable bonds is 3. The third kappa shape index (κ3) is 2.89. The normalized spacial score (nSPS) is 25.6. The molecule has 0 radical (unpaired) electrons. The Labute approximate surface area is 130 Å². The lowest BCUT2D eigenvalue weighted by Gasteiger charge is -2.36. The van der Waals surface area contributed by atoms with E-state index in [0.717, 1.165) is 36.5 Å². The van der Waals surface area contributed by atoms with Gasteiger partial charge in [-0.05, 0) is 45.5 Å². The molecule has 0 aromatic carbocycles. The van der Waals surface area contributed by atoms with Crippen molar-refractivity contribution in [2.24, 2.45) is 7.05 Å². The lowest BCUT2D eigenvalue weighted by atomic mass is 9.82. The Morgan fingerprint density at radius 1 is 1.32 bits per heavy atom. The number of aryl methyl sites for hydroxylation is 1. The fraction of sp³-hybridized carbons (Fsp3) is 0.562. The highest BCUT2D eigenvalue weighted by Crippen LogP contribution is 2.34. The zero-order chi connectivity index (χ0) is 15.7. The van der Waals surface area contributed by atoms with Crippen molar-refractivity contribution in [1.29, 1.82) is 0 Å². The summed E-state index contributed by atoms with van der Waals surface area (Å²) in [5, 5.41) is 14.7. The van der Waals surface area contributed by atoms with Gasteiger partial charge in [0.1, 0.15) is 5.82 Å². The summed E-state index contributed by atoms with van der Waals surface area (Å²) in [6.07, 6.45) is 5.95. The van der Waals surface area contributed by atoms with Gasteiger partial charge in [-0.2, -0.15) is 5.10 Å². The molecule has 0 spiro atoms. The molecule has 0 unspecified atom stereocenters. The first kappa shape index (κ1) is 15.1. The Morgan fingerprint density at radius 2 is 2.14 bits per heavy atom. The Balaban J connectivity index is 1.85. The predicted octanol–water partition coefficient (Wildman–Crippen LogP) is 1.44. The van der Waals surface area contributed by atoms with Gasteiger partial charge in [-0.25, -0.2) is 4.98 Å². The van der Waals surface area contributed by atoms with E-state index in [-0.39, 0.29) is 12.1 Å². The lowest BCUT2D eigenvalue weighted by Crippen LogP contribution is -2.43. The zero-order valence-corrected chi connectivity index (χ0v) is 13.3. The SMILES string of the molecule is CN(C)[C@@H]1C[C@@H](c2nc(-c3cccnc3)nn2C)CC[C@H]1O. The molecule has 1 N–H and O–H groups in total. The van der Waals surface area contributed by atoms with Gasteiger partial charge in [0, 0.05) is 37.0 Å². The van der Waals surface area contributed by atoms with Crippen molar-refractivity contribution >= 4 is 0 Å². The second kappa shape index (κ2) is 6.14. The third-order valence-electron chi connectivity index (χ3n) is 4.53. The Hall–Kier alpha value is -1.79. The summed E-state index contributed by atoms with van der Waals surface area (Å²) in [7, 11) is 5.99. The largest absolute Gasteiger partial charge is 0.391 e. The standard InChI is InChI=1S/C16H23N5O/c1-20(2)13-9-11(6-7-14(13)22)16-18-15(19-21(16)3)12-5-4-8-17-10-12/h4-5,8,10-11,13-14,22H,6-7,9H2,1-3H3/t11-,13+,14+/m0/s1. The van der Waals surface area contributed by atoms with Crippen LogP contribution >= 0.6 is 0 Å². The topological polar surface area (TPSA) is 67.1 Å². The Morgan fingerprint density at radius 3 is 2.82 bits per heavy atom. The molecule has 1 fully saturated rings. The fourth-order valence-electron chi connectivity index (χ4n) is 3.29. The highest BCUT2D eigenvalue weighted by atomic mass is 16.3. The monoisotopic (exact) mass is 301 g/mol. The van der Waals surface area contributed by atoms with E-state index in [1.54, 1.807) is 12.4 Å². The molecule has 2 aromatic rings. The van der Waals surface area contributed by atoms with Crippen LogP contribution in [0.25, 0.3) is 11.4 Å². The van der Waals surface area contributed by atoms with Crippen LogP contribution in [0.4, 0.5) is 0 Å². The molecule has 2 heterocycles. The summed E-state index contributed by atoms with van der Waals surface area (Å²) in [4.78, 5) is 11.0. The Kier molecular flexibility index (Phi) is 4.22. The summed E-state index contributed by atoms with van der Waals surface area (Å²) in [5.41, 5.74) is 0.935. The molecule has 1 aliphatic carbocycles. The van der Waals surface area contributed by atoms with E-state index in [9.17, 15) is 5.11 Å². The summed E-state index contributed by atoms with van der Waals surface area (Å²) < 4.78 is 1.87. The van der Waals surface area contributed by atoms with Crippen molar-refractivity contribution in [1.82, 2.24) is 24.6 Å². The average molecular weight is 301 g/mol. The maximum absolute atomic E-state index is 10.2. The number of aromatic nitrogens is 4. The maximum atomic E-state index is 10.2. The van der Waals surface area contributed by atoms with Gasteiger partial charge in [-0.1, -0.05) is 0 Å². The molecule has 0 bridgehead atoms. The molecular weight excluding hydrogens is 278 g/mol. The number of hydrogen-bond acceptors (Lipinski definition) is 5. The van der Waals surface area contributed by atoms with Gasteiger partial charge < -0.3 is 10.0 Å². The van der Waals surface area contributed by atoms with Gasteiger partial charge >= 0.3 is 0 Å². The van der Waals surface area contributed by atoms with E-state index in [2.05, 4.69) is 15.0 Å². The molecule has 6 heteroatoms. The minimum absolute atomic E-state index is 0.178. The van der Waals surface area contributed by atoms with Gasteiger partial charge in [0.05, 0.1) is 6.10 Å². The maximum Gasteiger partial charge on any atom is 0.182 e. The second-order valence-electron chi connectivity index (χ2n) is 6.27. The first-order valence-corrected chi connectivity index (χ1v) is 7.72. The summed E-state index contributed by atoms with van der Waals surface area (Å²) >= 11 is 0. The van der Waals surface area contributed by atoms with Crippen molar-refractivity contribution in [3.05, 3.63) is 30.4 Å². The summed E-state index contributed by atoms with van der Waals surface area (Å²) in [6, 6.07) is 4.04. The highest BCUT2D eigenvalue weighted by Gasteiger charge is 2.33. The molecule has 0 amide bonds. The van der Waals surface area contributed by atoms with Crippen LogP contribution in [-0.2, 0) is 7.05 Å². The number of likely N-dealkylation sites (N-methyl/N-ethyl adjacent to an activating group) is 1. The molecule has 3 rings (SSSR count). The summed E-state index contributed by atoms with van der Waals surface area (Å²) in [5.74, 6) is 2.05. The molecular formula is C16H23N5O. The van der Waals surface area contributed by atoms with Crippen LogP contribution in [0, 0.1) is 0 Å². The minimum atomic E-state index is -0.253. The minimum Gasteiger partial charge on any atom is -0.391 e. The van der Waals surface area contributed by atoms with Crippen molar-refractivity contribution < 1.29 is 5.11 Å². The first-order chi connectivity index (χ1) is 10.6. The summed E-state index contributed by atoms with van der Waals surface area (Å²) in [6.45, 7) is 0. The number of aliphatic hydroxyl groups is 1. The van der Waals surface area contributed by atoms with Crippen LogP contribution in [0.2, 0.25) is 0 Å². The molecule has 1 aliphatic rings. The average Bonchev–Trinajstić information content (AvgIpc) is 2.90. The van der Waals surface area contributed by atoms with Crippen LogP contribution in [-0.4, -0.2) is 56.0 Å². The molecule has 0 aliphatic heterocycles. The highest BCUT2D eigenvalue weighted by molar-refractivity contribution is 5.52. The van der Waals surface area contributed by atoms with E-state index >= 15 is 0 Å². The zero-order valence-electron chi connectivity index (χ0n) is 13.3. The fourth-order valence-corrected chi connectivity index (χ4v) is 3.29. The Bertz CT molecular complexity index is 625. The van der Waals surface area contributed by atoms with Gasteiger partial charge in [0.2, 0.25) is 0 Å². The first-order valence-electron chi connectivity index (χ1n) is 7.72. The second-order valence-corrected chi connectivity index (χ2v) is 6.27. The number of hydrogen-bond donors (Lipinski definition) is 1. The molecule has 0 saturated heterocycles. The van der Waals surface area contributed by atoms with Crippen LogP contribution in [0.5, 0.6) is 0 Å². The van der Waals surface area contributed by atoms with Gasteiger partial charge in [0.25, 0.3) is 0 Å². The number of nitrogens with zero attached hydrogens (tertiary/aromatic N) is 5. The molecule has 118 valence electrons. The molecule has 6 nitrogen and oxygen atoms in total. The van der Waals surface area contributed by atoms with Crippen molar-refractivity contribution in [3.63, 3.8) is 0 Å². The quantitative estimate of drug-likeness (QED) is 0.929. The van der Waals surface area contributed by atoms with Crippen LogP contribution in [0.15, 0.2) is 24.5 Å². The van der Waals surface area contributed by atoms with E-state index < -0.39 is 0 Å². The number of pyridine rings is 1. The van der Waals surface area contributed by atoms with Gasteiger partial charge in [0.15, 0.2) is 5.82 Å². The van der Waals surface area contributed by atoms with E-state index in [0.29, 0.717) is 5.92 Å². The smallest absolute Gasteiger partial charge is 0.182 e. The molecule has 22 heavy (non-hydrogen) atoms. The van der Waals surface area contributed by atoms with Crippen LogP contribution < -0.4 is 0 Å². The molecule has 1 saturated carbocycles. The predicted molar refractivity (Wildman–Crippen MR) is 84.3 cm³/mol. The van der Waals surface area contributed by atoms with E-state index in [1.165, 1.54) is 0 Å².